The van der Waals surface area contributed by atoms with Crippen molar-refractivity contribution in [1.29, 1.82) is 0 Å². The third-order valence-corrected chi connectivity index (χ3v) is 8.72. The first-order valence-electron chi connectivity index (χ1n) is 13.0. The Bertz CT molecular complexity index is 868. The van der Waals surface area contributed by atoms with Gasteiger partial charge in [0.25, 0.3) is 0 Å². The van der Waals surface area contributed by atoms with Crippen LogP contribution in [0.1, 0.15) is 76.3 Å². The van der Waals surface area contributed by atoms with Crippen molar-refractivity contribution >= 4 is 11.9 Å². The number of phenols is 1. The van der Waals surface area contributed by atoms with Crippen LogP contribution >= 0.6 is 0 Å². The summed E-state index contributed by atoms with van der Waals surface area (Å²) in [6, 6.07) is 6.97. The first kappa shape index (κ1) is 27.4. The van der Waals surface area contributed by atoms with E-state index in [1.165, 1.54) is 82.0 Å². The molecule has 5 N–H and O–H groups in total. The van der Waals surface area contributed by atoms with E-state index in [0.29, 0.717) is 11.2 Å². The molecule has 1 heterocycles. The van der Waals surface area contributed by atoms with Gasteiger partial charge in [-0.3, -0.25) is 4.90 Å². The van der Waals surface area contributed by atoms with Crippen LogP contribution in [0.3, 0.4) is 0 Å². The summed E-state index contributed by atoms with van der Waals surface area (Å²) in [7, 11) is 0. The molecule has 8 nitrogen and oxygen atoms in total. The Labute approximate surface area is 207 Å². The molecule has 0 spiro atoms. The number of aromatic hydroxyl groups is 1. The van der Waals surface area contributed by atoms with E-state index in [-0.39, 0.29) is 0 Å². The van der Waals surface area contributed by atoms with Crippen LogP contribution in [0.5, 0.6) is 5.75 Å². The fourth-order valence-corrected chi connectivity index (χ4v) is 6.67. The Balaban J connectivity index is 0.000000292. The molecule has 8 heteroatoms. The number of carboxylic acid groups (broad SMARTS) is 2. The van der Waals surface area contributed by atoms with Crippen molar-refractivity contribution in [3.63, 3.8) is 0 Å². The van der Waals surface area contributed by atoms with Crippen LogP contribution < -0.4 is 0 Å². The molecule has 2 fully saturated rings. The Kier molecular flexibility index (Phi) is 9.18. The van der Waals surface area contributed by atoms with E-state index in [2.05, 4.69) is 30.9 Å². The Morgan fingerprint density at radius 1 is 1.06 bits per heavy atom. The molecule has 0 amide bonds. The van der Waals surface area contributed by atoms with Gasteiger partial charge in [0.2, 0.25) is 0 Å². The Hall–Kier alpha value is -2.16. The lowest BCUT2D eigenvalue weighted by Crippen LogP contribution is -2.61. The lowest BCUT2D eigenvalue weighted by atomic mass is 9.52. The highest BCUT2D eigenvalue weighted by Crippen LogP contribution is 2.56. The van der Waals surface area contributed by atoms with Crippen molar-refractivity contribution in [3.8, 4) is 5.75 Å². The van der Waals surface area contributed by atoms with Gasteiger partial charge in [-0.1, -0.05) is 45.6 Å². The maximum atomic E-state index is 10.1. The number of nitrogens with zero attached hydrogens (tertiary/aromatic N) is 1. The fourth-order valence-electron chi connectivity index (χ4n) is 6.67. The van der Waals surface area contributed by atoms with Gasteiger partial charge < -0.3 is 25.5 Å². The van der Waals surface area contributed by atoms with E-state index in [9.17, 15) is 14.7 Å². The maximum Gasteiger partial charge on any atom is 0.335 e. The number of carboxylic acids is 2. The normalized spacial score (nSPS) is 27.1. The molecule has 3 aliphatic rings. The minimum absolute atomic E-state index is 0.362. The molecule has 2 aliphatic carbocycles. The molecular weight excluding hydrogens is 450 g/mol. The zero-order valence-corrected chi connectivity index (χ0v) is 20.9. The van der Waals surface area contributed by atoms with E-state index in [1.54, 1.807) is 0 Å². The topological polar surface area (TPSA) is 139 Å². The highest BCUT2D eigenvalue weighted by molar-refractivity contribution is 5.83. The highest BCUT2D eigenvalue weighted by atomic mass is 16.4. The molecule has 1 saturated carbocycles. The van der Waals surface area contributed by atoms with Crippen LogP contribution in [0, 0.1) is 11.8 Å². The number of phenolic OH excluding ortho intramolecular Hbond substituents is 1. The molecule has 5 atom stereocenters. The summed E-state index contributed by atoms with van der Waals surface area (Å²) in [5, 5.41) is 42.6. The van der Waals surface area contributed by atoms with Gasteiger partial charge >= 0.3 is 11.9 Å². The number of aliphatic hydroxyl groups excluding tert-OH is 2. The van der Waals surface area contributed by atoms with Gasteiger partial charge in [0.1, 0.15) is 5.75 Å². The van der Waals surface area contributed by atoms with Crippen molar-refractivity contribution in [1.82, 2.24) is 4.90 Å². The molecule has 0 aromatic heterocycles. The number of hydrogen-bond acceptors (Lipinski definition) is 6. The summed E-state index contributed by atoms with van der Waals surface area (Å²) in [5.41, 5.74) is 3.39. The van der Waals surface area contributed by atoms with Gasteiger partial charge in [-0.15, -0.1) is 0 Å². The van der Waals surface area contributed by atoms with Crippen molar-refractivity contribution < 1.29 is 35.1 Å². The number of hydrogen-bond donors (Lipinski definition) is 5. The second-order valence-corrected chi connectivity index (χ2v) is 10.4. The zero-order chi connectivity index (χ0) is 25.8. The van der Waals surface area contributed by atoms with E-state index in [4.69, 9.17) is 20.4 Å². The van der Waals surface area contributed by atoms with Crippen molar-refractivity contribution in [3.05, 3.63) is 29.3 Å². The van der Waals surface area contributed by atoms with Gasteiger partial charge in [-0.2, -0.15) is 0 Å². The van der Waals surface area contributed by atoms with Crippen LogP contribution in [0.25, 0.3) is 0 Å². The predicted molar refractivity (Wildman–Crippen MR) is 131 cm³/mol. The van der Waals surface area contributed by atoms with Crippen LogP contribution in [0.2, 0.25) is 0 Å². The fraction of sp³-hybridized carbons (Fsp3) is 0.704. The number of aliphatic hydroxyl groups is 2. The SMILES string of the molecule is CCC(CC)CCN1CC[C@]23CCCC[C@H]2[C@@H]1Cc1ccc(O)cc13.O=C(O)[C@H](O)[C@@H](O)C(=O)O. The summed E-state index contributed by atoms with van der Waals surface area (Å²) in [6.45, 7) is 7.24. The van der Waals surface area contributed by atoms with Gasteiger partial charge in [0, 0.05) is 11.5 Å². The first-order valence-corrected chi connectivity index (χ1v) is 13.0. The number of rotatable bonds is 8. The molecule has 0 radical (unpaired) electrons. The summed E-state index contributed by atoms with van der Waals surface area (Å²) in [6.07, 6.45) is 7.48. The predicted octanol–water partition coefficient (Wildman–Crippen LogP) is 3.15. The average molecular weight is 492 g/mol. The van der Waals surface area contributed by atoms with E-state index < -0.39 is 24.1 Å². The second-order valence-electron chi connectivity index (χ2n) is 10.4. The monoisotopic (exact) mass is 491 g/mol. The van der Waals surface area contributed by atoms with Crippen molar-refractivity contribution in [2.75, 3.05) is 13.1 Å². The van der Waals surface area contributed by atoms with Gasteiger partial charge in [0.15, 0.2) is 12.2 Å². The summed E-state index contributed by atoms with van der Waals surface area (Å²) >= 11 is 0. The van der Waals surface area contributed by atoms with E-state index >= 15 is 0 Å². The highest BCUT2D eigenvalue weighted by Gasteiger charge is 2.53. The summed E-state index contributed by atoms with van der Waals surface area (Å²) in [4.78, 5) is 22.4. The minimum Gasteiger partial charge on any atom is -0.508 e. The van der Waals surface area contributed by atoms with Crippen molar-refractivity contribution in [2.24, 2.45) is 11.8 Å². The summed E-state index contributed by atoms with van der Waals surface area (Å²) < 4.78 is 0. The number of benzene rings is 1. The third kappa shape index (κ3) is 5.81. The second kappa shape index (κ2) is 11.7. The summed E-state index contributed by atoms with van der Waals surface area (Å²) in [5.74, 6) is -1.37. The quantitative estimate of drug-likeness (QED) is 0.374. The largest absolute Gasteiger partial charge is 0.508 e. The number of piperidine rings is 1. The molecule has 1 aromatic carbocycles. The molecule has 1 saturated heterocycles. The molecule has 4 rings (SSSR count). The number of likely N-dealkylation sites (tertiary alicyclic amines) is 1. The van der Waals surface area contributed by atoms with Crippen LogP contribution in [0.4, 0.5) is 0 Å². The first-order chi connectivity index (χ1) is 16.6. The number of carbonyl (C=O) groups is 2. The lowest BCUT2D eigenvalue weighted by molar-refractivity contribution is -0.165. The Morgan fingerprint density at radius 3 is 2.31 bits per heavy atom. The zero-order valence-electron chi connectivity index (χ0n) is 20.9. The average Bonchev–Trinajstić information content (AvgIpc) is 2.85. The Morgan fingerprint density at radius 2 is 1.71 bits per heavy atom. The molecule has 1 aromatic rings. The standard InChI is InChI=1S/C23H35NO.C4H6O6/c1-3-17(4-2)10-13-24-14-12-23-11-6-5-7-20(23)22(24)15-18-8-9-19(25)16-21(18)23;5-1(3(7)8)2(6)4(9)10/h8-9,16-17,20,22,25H,3-7,10-15H2,1-2H3;1-2,5-6H,(H,7,8)(H,9,10)/t20-,22-,23+;1-,2-/m01/s1. The molecular formula is C27H41NO7. The maximum absolute atomic E-state index is 10.1. The molecule has 0 unspecified atom stereocenters. The molecule has 1 aliphatic heterocycles. The van der Waals surface area contributed by atoms with E-state index in [0.717, 1.165) is 17.9 Å². The number of aliphatic carboxylic acids is 2. The van der Waals surface area contributed by atoms with Gasteiger partial charge in [-0.05, 0) is 80.3 Å². The van der Waals surface area contributed by atoms with E-state index in [1.807, 2.05) is 6.07 Å². The third-order valence-electron chi connectivity index (χ3n) is 8.72. The van der Waals surface area contributed by atoms with Gasteiger partial charge in [-0.25, -0.2) is 9.59 Å². The molecule has 35 heavy (non-hydrogen) atoms. The van der Waals surface area contributed by atoms with Crippen LogP contribution in [-0.2, 0) is 21.4 Å². The molecule has 2 bridgehead atoms. The lowest BCUT2D eigenvalue weighted by Gasteiger charge is -2.59. The van der Waals surface area contributed by atoms with Crippen molar-refractivity contribution in [2.45, 2.75) is 95.3 Å². The molecule has 196 valence electrons. The van der Waals surface area contributed by atoms with Crippen LogP contribution in [-0.4, -0.2) is 73.7 Å². The van der Waals surface area contributed by atoms with Crippen LogP contribution in [0.15, 0.2) is 18.2 Å². The smallest absolute Gasteiger partial charge is 0.335 e. The minimum atomic E-state index is -2.27. The van der Waals surface area contributed by atoms with Gasteiger partial charge in [0.05, 0.1) is 0 Å². The number of fused-ring (bicyclic) bond motifs is 1.